The van der Waals surface area contributed by atoms with Crippen molar-refractivity contribution in [3.8, 4) is 0 Å². The molecule has 0 unspecified atom stereocenters. The van der Waals surface area contributed by atoms with E-state index in [-0.39, 0.29) is 0 Å². The summed E-state index contributed by atoms with van der Waals surface area (Å²) in [5.41, 5.74) is 5.60. The zero-order chi connectivity index (χ0) is 9.68. The Morgan fingerprint density at radius 1 is 1.15 bits per heavy atom. The van der Waals surface area contributed by atoms with Gasteiger partial charge in [-0.3, -0.25) is 4.90 Å². The van der Waals surface area contributed by atoms with Gasteiger partial charge in [-0.25, -0.2) is 0 Å². The molecule has 0 amide bonds. The van der Waals surface area contributed by atoms with Crippen molar-refractivity contribution < 1.29 is 0 Å². The molecule has 3 heteroatoms. The van der Waals surface area contributed by atoms with E-state index in [1.807, 2.05) is 0 Å². The van der Waals surface area contributed by atoms with Crippen molar-refractivity contribution in [2.75, 3.05) is 40.3 Å². The highest BCUT2D eigenvalue weighted by molar-refractivity contribution is 4.80. The second-order valence-electron chi connectivity index (χ2n) is 4.21. The molecule has 1 aliphatic carbocycles. The van der Waals surface area contributed by atoms with Crippen LogP contribution in [0.3, 0.4) is 0 Å². The van der Waals surface area contributed by atoms with Crippen molar-refractivity contribution in [1.29, 1.82) is 0 Å². The second kappa shape index (κ2) is 5.58. The number of nitrogens with zero attached hydrogens (tertiary/aromatic N) is 2. The predicted octanol–water partition coefficient (Wildman–Crippen LogP) is 0.361. The standard InChI is InChI=1S/C10H23N3/c1-12(2)8-9-13(7-6-11)10-4-3-5-10/h10H,3-9,11H2,1-2H3. The van der Waals surface area contributed by atoms with Crippen LogP contribution in [-0.4, -0.2) is 56.1 Å². The summed E-state index contributed by atoms with van der Waals surface area (Å²) in [5, 5.41) is 0. The Bertz CT molecular complexity index is 132. The van der Waals surface area contributed by atoms with Crippen molar-refractivity contribution in [1.82, 2.24) is 9.80 Å². The summed E-state index contributed by atoms with van der Waals surface area (Å²) in [6, 6.07) is 0.837. The van der Waals surface area contributed by atoms with E-state index in [1.54, 1.807) is 0 Å². The highest BCUT2D eigenvalue weighted by Crippen LogP contribution is 2.23. The molecule has 0 radical (unpaired) electrons. The Morgan fingerprint density at radius 3 is 2.23 bits per heavy atom. The number of hydrogen-bond donors (Lipinski definition) is 1. The third-order valence-electron chi connectivity index (χ3n) is 2.84. The molecule has 0 aliphatic heterocycles. The lowest BCUT2D eigenvalue weighted by Gasteiger charge is -2.37. The molecule has 0 atom stereocenters. The molecule has 0 aromatic heterocycles. The van der Waals surface area contributed by atoms with Gasteiger partial charge < -0.3 is 10.6 Å². The Labute approximate surface area is 81.9 Å². The molecule has 1 fully saturated rings. The van der Waals surface area contributed by atoms with E-state index in [2.05, 4.69) is 23.9 Å². The highest BCUT2D eigenvalue weighted by Gasteiger charge is 2.23. The second-order valence-corrected chi connectivity index (χ2v) is 4.21. The van der Waals surface area contributed by atoms with Gasteiger partial charge in [-0.2, -0.15) is 0 Å². The molecule has 0 bridgehead atoms. The lowest BCUT2D eigenvalue weighted by molar-refractivity contribution is 0.121. The summed E-state index contributed by atoms with van der Waals surface area (Å²) >= 11 is 0. The van der Waals surface area contributed by atoms with Crippen LogP contribution in [0.4, 0.5) is 0 Å². The average molecular weight is 185 g/mol. The predicted molar refractivity (Wildman–Crippen MR) is 56.8 cm³/mol. The molecule has 78 valence electrons. The first kappa shape index (κ1) is 11.0. The third kappa shape index (κ3) is 3.63. The van der Waals surface area contributed by atoms with E-state index in [9.17, 15) is 0 Å². The van der Waals surface area contributed by atoms with Crippen LogP contribution in [0.5, 0.6) is 0 Å². The fraction of sp³-hybridized carbons (Fsp3) is 1.00. The van der Waals surface area contributed by atoms with Gasteiger partial charge in [-0.05, 0) is 26.9 Å². The minimum atomic E-state index is 0.796. The molecular formula is C10H23N3. The molecule has 0 saturated heterocycles. The summed E-state index contributed by atoms with van der Waals surface area (Å²) in [6.45, 7) is 4.19. The van der Waals surface area contributed by atoms with Crippen LogP contribution >= 0.6 is 0 Å². The molecule has 3 nitrogen and oxygen atoms in total. The highest BCUT2D eigenvalue weighted by atomic mass is 15.2. The maximum absolute atomic E-state index is 5.60. The maximum atomic E-state index is 5.60. The normalized spacial score (nSPS) is 18.2. The number of rotatable bonds is 6. The summed E-state index contributed by atoms with van der Waals surface area (Å²) in [4.78, 5) is 4.78. The monoisotopic (exact) mass is 185 g/mol. The van der Waals surface area contributed by atoms with Crippen molar-refractivity contribution >= 4 is 0 Å². The minimum absolute atomic E-state index is 0.796. The van der Waals surface area contributed by atoms with Gasteiger partial charge >= 0.3 is 0 Å². The van der Waals surface area contributed by atoms with Crippen molar-refractivity contribution in [2.45, 2.75) is 25.3 Å². The zero-order valence-electron chi connectivity index (χ0n) is 9.00. The molecule has 0 heterocycles. The Hall–Kier alpha value is -0.120. The first-order valence-corrected chi connectivity index (χ1v) is 5.33. The summed E-state index contributed by atoms with van der Waals surface area (Å²) in [7, 11) is 4.25. The van der Waals surface area contributed by atoms with Gasteiger partial charge in [0.15, 0.2) is 0 Å². The molecule has 1 saturated carbocycles. The summed E-state index contributed by atoms with van der Waals surface area (Å²) < 4.78 is 0. The quantitative estimate of drug-likeness (QED) is 0.648. The lowest BCUT2D eigenvalue weighted by Crippen LogP contribution is -2.45. The zero-order valence-corrected chi connectivity index (χ0v) is 9.00. The van der Waals surface area contributed by atoms with Gasteiger partial charge in [-0.1, -0.05) is 6.42 Å². The fourth-order valence-corrected chi connectivity index (χ4v) is 1.72. The molecule has 1 rings (SSSR count). The third-order valence-corrected chi connectivity index (χ3v) is 2.84. The fourth-order valence-electron chi connectivity index (χ4n) is 1.72. The van der Waals surface area contributed by atoms with E-state index in [0.29, 0.717) is 0 Å². The van der Waals surface area contributed by atoms with Crippen LogP contribution in [0.1, 0.15) is 19.3 Å². The van der Waals surface area contributed by atoms with Gasteiger partial charge in [-0.15, -0.1) is 0 Å². The maximum Gasteiger partial charge on any atom is 0.0113 e. The molecule has 2 N–H and O–H groups in total. The number of hydrogen-bond acceptors (Lipinski definition) is 3. The molecule has 0 aromatic rings. The molecule has 0 spiro atoms. The van der Waals surface area contributed by atoms with Crippen molar-refractivity contribution in [3.05, 3.63) is 0 Å². The van der Waals surface area contributed by atoms with Crippen LogP contribution < -0.4 is 5.73 Å². The van der Waals surface area contributed by atoms with E-state index in [0.717, 1.165) is 25.7 Å². The SMILES string of the molecule is CN(C)CCN(CCN)C1CCC1. The molecular weight excluding hydrogens is 162 g/mol. The smallest absolute Gasteiger partial charge is 0.0113 e. The van der Waals surface area contributed by atoms with Crippen molar-refractivity contribution in [3.63, 3.8) is 0 Å². The largest absolute Gasteiger partial charge is 0.329 e. The first-order valence-electron chi connectivity index (χ1n) is 5.33. The summed E-state index contributed by atoms with van der Waals surface area (Å²) in [6.07, 6.45) is 4.18. The molecule has 13 heavy (non-hydrogen) atoms. The first-order chi connectivity index (χ1) is 6.24. The van der Waals surface area contributed by atoms with E-state index in [1.165, 1.54) is 25.8 Å². The lowest BCUT2D eigenvalue weighted by atomic mass is 9.91. The van der Waals surface area contributed by atoms with Crippen LogP contribution in [-0.2, 0) is 0 Å². The van der Waals surface area contributed by atoms with E-state index in [4.69, 9.17) is 5.73 Å². The van der Waals surface area contributed by atoms with Gasteiger partial charge in [0.25, 0.3) is 0 Å². The van der Waals surface area contributed by atoms with Crippen molar-refractivity contribution in [2.24, 2.45) is 5.73 Å². The Balaban J connectivity index is 2.20. The van der Waals surface area contributed by atoms with Crippen LogP contribution in [0.15, 0.2) is 0 Å². The number of likely N-dealkylation sites (N-methyl/N-ethyl adjacent to an activating group) is 1. The Kier molecular flexibility index (Phi) is 4.70. The van der Waals surface area contributed by atoms with E-state index < -0.39 is 0 Å². The van der Waals surface area contributed by atoms with Crippen LogP contribution in [0.2, 0.25) is 0 Å². The van der Waals surface area contributed by atoms with Gasteiger partial charge in [0, 0.05) is 32.2 Å². The molecule has 1 aliphatic rings. The van der Waals surface area contributed by atoms with Gasteiger partial charge in [0.05, 0.1) is 0 Å². The summed E-state index contributed by atoms with van der Waals surface area (Å²) in [5.74, 6) is 0. The topological polar surface area (TPSA) is 32.5 Å². The number of nitrogens with two attached hydrogens (primary N) is 1. The van der Waals surface area contributed by atoms with Crippen LogP contribution in [0.25, 0.3) is 0 Å². The Morgan fingerprint density at radius 2 is 1.85 bits per heavy atom. The van der Waals surface area contributed by atoms with Crippen LogP contribution in [0, 0.1) is 0 Å². The average Bonchev–Trinajstić information content (AvgIpc) is 1.97. The van der Waals surface area contributed by atoms with Gasteiger partial charge in [0.2, 0.25) is 0 Å². The van der Waals surface area contributed by atoms with E-state index >= 15 is 0 Å². The minimum Gasteiger partial charge on any atom is -0.329 e. The molecule has 0 aromatic carbocycles. The van der Waals surface area contributed by atoms with Gasteiger partial charge in [0.1, 0.15) is 0 Å².